The average molecular weight is 307 g/mol. The molecule has 0 saturated heterocycles. The van der Waals surface area contributed by atoms with Crippen LogP contribution in [0.15, 0.2) is 51.7 Å². The van der Waals surface area contributed by atoms with E-state index in [0.29, 0.717) is 30.2 Å². The van der Waals surface area contributed by atoms with E-state index in [1.807, 2.05) is 55.1 Å². The molecular formula is C19H17NO3. The van der Waals surface area contributed by atoms with E-state index < -0.39 is 0 Å². The van der Waals surface area contributed by atoms with Gasteiger partial charge >= 0.3 is 5.63 Å². The molecular weight excluding hydrogens is 290 g/mol. The Hall–Kier alpha value is -2.75. The number of hydrogen-bond donors (Lipinski definition) is 0. The molecule has 0 saturated carbocycles. The molecule has 4 nitrogen and oxygen atoms in total. The van der Waals surface area contributed by atoms with Crippen molar-refractivity contribution in [2.45, 2.75) is 20.4 Å². The maximum absolute atomic E-state index is 12.4. The Morgan fingerprint density at radius 1 is 1.04 bits per heavy atom. The smallest absolute Gasteiger partial charge is 0.345 e. The second-order valence-corrected chi connectivity index (χ2v) is 6.01. The van der Waals surface area contributed by atoms with E-state index in [4.69, 9.17) is 9.15 Å². The Balaban J connectivity index is 1.81. The second-order valence-electron chi connectivity index (χ2n) is 6.01. The molecule has 2 aromatic carbocycles. The minimum atomic E-state index is -0.324. The van der Waals surface area contributed by atoms with Crippen LogP contribution < -0.4 is 15.3 Å². The monoisotopic (exact) mass is 307 g/mol. The van der Waals surface area contributed by atoms with Crippen LogP contribution in [0.25, 0.3) is 11.0 Å². The molecule has 0 N–H and O–H groups in total. The lowest BCUT2D eigenvalue weighted by atomic mass is 10.1. The van der Waals surface area contributed by atoms with Crippen LogP contribution in [0.2, 0.25) is 0 Å². The summed E-state index contributed by atoms with van der Waals surface area (Å²) in [4.78, 5) is 14.4. The third kappa shape index (κ3) is 2.36. The molecule has 0 fully saturated rings. The quantitative estimate of drug-likeness (QED) is 0.642. The maximum atomic E-state index is 12.4. The lowest BCUT2D eigenvalue weighted by Crippen LogP contribution is -2.35. The van der Waals surface area contributed by atoms with E-state index >= 15 is 0 Å². The predicted molar refractivity (Wildman–Crippen MR) is 90.1 cm³/mol. The summed E-state index contributed by atoms with van der Waals surface area (Å²) in [6, 6.07) is 14.0. The van der Waals surface area contributed by atoms with Crippen LogP contribution in [0.3, 0.4) is 0 Å². The molecule has 4 rings (SSSR count). The molecule has 0 unspecified atom stereocenters. The van der Waals surface area contributed by atoms with Crippen LogP contribution in [0, 0.1) is 13.8 Å². The summed E-state index contributed by atoms with van der Waals surface area (Å²) in [5.74, 6) is 0.653. The summed E-state index contributed by atoms with van der Waals surface area (Å²) in [5.41, 5.74) is 4.11. The van der Waals surface area contributed by atoms with Gasteiger partial charge in [0.25, 0.3) is 0 Å². The third-order valence-electron chi connectivity index (χ3n) is 4.19. The fourth-order valence-corrected chi connectivity index (χ4v) is 2.99. The van der Waals surface area contributed by atoms with Gasteiger partial charge in [-0.25, -0.2) is 4.79 Å². The van der Waals surface area contributed by atoms with Crippen molar-refractivity contribution in [3.63, 3.8) is 0 Å². The summed E-state index contributed by atoms with van der Waals surface area (Å²) in [6.45, 7) is 4.93. The van der Waals surface area contributed by atoms with E-state index in [9.17, 15) is 4.79 Å². The van der Waals surface area contributed by atoms with Crippen LogP contribution in [0.4, 0.5) is 5.69 Å². The topological polar surface area (TPSA) is 42.7 Å². The van der Waals surface area contributed by atoms with Gasteiger partial charge in [-0.1, -0.05) is 18.2 Å². The van der Waals surface area contributed by atoms with Crippen molar-refractivity contribution in [3.8, 4) is 5.75 Å². The van der Waals surface area contributed by atoms with Crippen LogP contribution in [0.1, 0.15) is 16.7 Å². The minimum Gasteiger partial charge on any atom is -0.472 e. The van der Waals surface area contributed by atoms with Crippen molar-refractivity contribution in [2.75, 3.05) is 11.6 Å². The van der Waals surface area contributed by atoms with E-state index in [2.05, 4.69) is 6.07 Å². The summed E-state index contributed by atoms with van der Waals surface area (Å²) in [6.07, 6.45) is 0. The van der Waals surface area contributed by atoms with Gasteiger partial charge < -0.3 is 14.1 Å². The largest absolute Gasteiger partial charge is 0.472 e. The zero-order valence-electron chi connectivity index (χ0n) is 13.1. The predicted octanol–water partition coefficient (Wildman–Crippen LogP) is 3.77. The molecule has 4 heteroatoms. The van der Waals surface area contributed by atoms with Gasteiger partial charge in [0, 0.05) is 5.69 Å². The standard InChI is InChI=1S/C19H17NO3/c1-12-4-3-5-14(8-12)20-10-16-18(22-11-20)15-7-6-13(2)9-17(15)23-19(16)21/h3-9H,10-11H2,1-2H3. The van der Waals surface area contributed by atoms with E-state index in [1.54, 1.807) is 0 Å². The summed E-state index contributed by atoms with van der Waals surface area (Å²) < 4.78 is 11.4. The van der Waals surface area contributed by atoms with Crippen LogP contribution >= 0.6 is 0 Å². The molecule has 23 heavy (non-hydrogen) atoms. The molecule has 1 aromatic heterocycles. The van der Waals surface area contributed by atoms with Crippen LogP contribution in [-0.2, 0) is 6.54 Å². The summed E-state index contributed by atoms with van der Waals surface area (Å²) >= 11 is 0. The summed E-state index contributed by atoms with van der Waals surface area (Å²) in [5, 5.41) is 0.856. The van der Waals surface area contributed by atoms with Crippen molar-refractivity contribution in [2.24, 2.45) is 0 Å². The van der Waals surface area contributed by atoms with Gasteiger partial charge in [-0.05, 0) is 49.2 Å². The van der Waals surface area contributed by atoms with Crippen LogP contribution in [0.5, 0.6) is 5.75 Å². The van der Waals surface area contributed by atoms with Gasteiger partial charge in [-0.15, -0.1) is 0 Å². The zero-order valence-corrected chi connectivity index (χ0v) is 13.1. The first kappa shape index (κ1) is 13.9. The molecule has 2 heterocycles. The number of rotatable bonds is 1. The number of fused-ring (bicyclic) bond motifs is 3. The molecule has 0 amide bonds. The average Bonchev–Trinajstić information content (AvgIpc) is 2.54. The number of hydrogen-bond acceptors (Lipinski definition) is 4. The van der Waals surface area contributed by atoms with Gasteiger partial charge in [0.15, 0.2) is 6.73 Å². The molecule has 0 bridgehead atoms. The Morgan fingerprint density at radius 2 is 1.87 bits per heavy atom. The zero-order chi connectivity index (χ0) is 16.0. The highest BCUT2D eigenvalue weighted by Crippen LogP contribution is 2.33. The van der Waals surface area contributed by atoms with Crippen molar-refractivity contribution in [1.82, 2.24) is 0 Å². The van der Waals surface area contributed by atoms with E-state index in [1.165, 1.54) is 5.56 Å². The SMILES string of the molecule is Cc1cccc(N2COc3c(c(=O)oc4cc(C)ccc34)C2)c1. The molecule has 1 aliphatic heterocycles. The maximum Gasteiger partial charge on any atom is 0.345 e. The van der Waals surface area contributed by atoms with Gasteiger partial charge in [0.05, 0.1) is 17.5 Å². The number of aryl methyl sites for hydroxylation is 2. The first-order valence-corrected chi connectivity index (χ1v) is 7.62. The normalized spacial score (nSPS) is 13.7. The van der Waals surface area contributed by atoms with Crippen molar-refractivity contribution in [1.29, 1.82) is 0 Å². The van der Waals surface area contributed by atoms with E-state index in [0.717, 1.165) is 16.6 Å². The Labute approximate surface area is 133 Å². The molecule has 3 aromatic rings. The highest BCUT2D eigenvalue weighted by Gasteiger charge is 2.24. The van der Waals surface area contributed by atoms with E-state index in [-0.39, 0.29) is 5.63 Å². The Morgan fingerprint density at radius 3 is 2.70 bits per heavy atom. The molecule has 1 aliphatic rings. The Bertz CT molecular complexity index is 958. The lowest BCUT2D eigenvalue weighted by molar-refractivity contribution is 0.287. The molecule has 0 aliphatic carbocycles. The van der Waals surface area contributed by atoms with Gasteiger partial charge in [-0.2, -0.15) is 0 Å². The van der Waals surface area contributed by atoms with Crippen molar-refractivity contribution >= 4 is 16.7 Å². The summed E-state index contributed by atoms with van der Waals surface area (Å²) in [7, 11) is 0. The number of anilines is 1. The van der Waals surface area contributed by atoms with Gasteiger partial charge in [-0.3, -0.25) is 0 Å². The number of ether oxygens (including phenoxy) is 1. The highest BCUT2D eigenvalue weighted by molar-refractivity contribution is 5.85. The highest BCUT2D eigenvalue weighted by atomic mass is 16.5. The Kier molecular flexibility index (Phi) is 3.11. The minimum absolute atomic E-state index is 0.324. The molecule has 0 radical (unpaired) electrons. The second kappa shape index (κ2) is 5.16. The van der Waals surface area contributed by atoms with Gasteiger partial charge in [0.1, 0.15) is 11.3 Å². The molecule has 0 atom stereocenters. The van der Waals surface area contributed by atoms with Crippen molar-refractivity contribution in [3.05, 3.63) is 69.6 Å². The first-order chi connectivity index (χ1) is 11.1. The molecule has 116 valence electrons. The fourth-order valence-electron chi connectivity index (χ4n) is 2.99. The van der Waals surface area contributed by atoms with Gasteiger partial charge in [0.2, 0.25) is 0 Å². The third-order valence-corrected chi connectivity index (χ3v) is 4.19. The van der Waals surface area contributed by atoms with Crippen molar-refractivity contribution < 1.29 is 9.15 Å². The number of benzene rings is 2. The molecule has 0 spiro atoms. The lowest BCUT2D eigenvalue weighted by Gasteiger charge is -2.30. The first-order valence-electron chi connectivity index (χ1n) is 7.62. The van der Waals surface area contributed by atoms with Crippen LogP contribution in [-0.4, -0.2) is 6.73 Å². The number of nitrogens with zero attached hydrogens (tertiary/aromatic N) is 1. The fraction of sp³-hybridized carbons (Fsp3) is 0.211.